The number of likely N-dealkylation sites (N-methyl/N-ethyl adjacent to an activating group) is 1. The summed E-state index contributed by atoms with van der Waals surface area (Å²) in [5.41, 5.74) is 2.05. The van der Waals surface area contributed by atoms with Crippen LogP contribution in [0.3, 0.4) is 0 Å². The summed E-state index contributed by atoms with van der Waals surface area (Å²) in [6.07, 6.45) is 0.655. The van der Waals surface area contributed by atoms with E-state index in [0.717, 1.165) is 11.1 Å². The van der Waals surface area contributed by atoms with Crippen molar-refractivity contribution in [3.8, 4) is 0 Å². The standard InChI is InChI=1S/C17H20ClN3O2/c1-4-21(10-15(22)13-7-5-11(2)6-8-13)17(23)16-14(18)9-19-12(3)20-16/h5-9,15,22H,4,10H2,1-3H3. The zero-order valence-electron chi connectivity index (χ0n) is 13.5. The zero-order chi connectivity index (χ0) is 17.0. The predicted octanol–water partition coefficient (Wildman–Crippen LogP) is 2.94. The minimum Gasteiger partial charge on any atom is -0.387 e. The Hall–Kier alpha value is -1.98. The van der Waals surface area contributed by atoms with Crippen LogP contribution in [-0.2, 0) is 0 Å². The van der Waals surface area contributed by atoms with Crippen LogP contribution in [0.5, 0.6) is 0 Å². The van der Waals surface area contributed by atoms with Crippen molar-refractivity contribution >= 4 is 17.5 Å². The van der Waals surface area contributed by atoms with Gasteiger partial charge in [0.15, 0.2) is 5.69 Å². The molecule has 2 aromatic rings. The van der Waals surface area contributed by atoms with Gasteiger partial charge in [0.1, 0.15) is 5.82 Å². The van der Waals surface area contributed by atoms with Crippen molar-refractivity contribution in [2.75, 3.05) is 13.1 Å². The summed E-state index contributed by atoms with van der Waals surface area (Å²) >= 11 is 6.03. The molecule has 1 amide bonds. The third-order valence-corrected chi connectivity index (χ3v) is 3.87. The lowest BCUT2D eigenvalue weighted by Crippen LogP contribution is -2.35. The van der Waals surface area contributed by atoms with Crippen LogP contribution in [0.15, 0.2) is 30.5 Å². The number of aliphatic hydroxyl groups is 1. The maximum atomic E-state index is 12.6. The van der Waals surface area contributed by atoms with Crippen LogP contribution in [0, 0.1) is 13.8 Å². The zero-order valence-corrected chi connectivity index (χ0v) is 14.2. The minimum atomic E-state index is -0.763. The lowest BCUT2D eigenvalue weighted by atomic mass is 10.1. The number of halogens is 1. The first-order valence-electron chi connectivity index (χ1n) is 7.45. The average molecular weight is 334 g/mol. The molecular weight excluding hydrogens is 314 g/mol. The summed E-state index contributed by atoms with van der Waals surface area (Å²) in [7, 11) is 0. The maximum Gasteiger partial charge on any atom is 0.274 e. The summed E-state index contributed by atoms with van der Waals surface area (Å²) in [6, 6.07) is 7.59. The number of hydrogen-bond donors (Lipinski definition) is 1. The van der Waals surface area contributed by atoms with E-state index in [9.17, 15) is 9.90 Å². The van der Waals surface area contributed by atoms with E-state index in [1.165, 1.54) is 11.1 Å². The monoisotopic (exact) mass is 333 g/mol. The Labute approximate surface area is 141 Å². The van der Waals surface area contributed by atoms with Crippen molar-refractivity contribution in [3.05, 3.63) is 58.1 Å². The SMILES string of the molecule is CCN(CC(O)c1ccc(C)cc1)C(=O)c1nc(C)ncc1Cl. The van der Waals surface area contributed by atoms with Crippen LogP contribution in [0.25, 0.3) is 0 Å². The highest BCUT2D eigenvalue weighted by atomic mass is 35.5. The predicted molar refractivity (Wildman–Crippen MR) is 89.5 cm³/mol. The second kappa shape index (κ2) is 7.53. The van der Waals surface area contributed by atoms with Crippen molar-refractivity contribution in [3.63, 3.8) is 0 Å². The Balaban J connectivity index is 2.17. The van der Waals surface area contributed by atoms with Crippen LogP contribution in [0.4, 0.5) is 0 Å². The van der Waals surface area contributed by atoms with Gasteiger partial charge in [0, 0.05) is 6.54 Å². The molecule has 0 saturated carbocycles. The topological polar surface area (TPSA) is 66.3 Å². The van der Waals surface area contributed by atoms with Gasteiger partial charge in [-0.25, -0.2) is 9.97 Å². The third-order valence-electron chi connectivity index (χ3n) is 3.59. The molecule has 0 radical (unpaired) electrons. The van der Waals surface area contributed by atoms with Gasteiger partial charge < -0.3 is 10.0 Å². The molecule has 122 valence electrons. The van der Waals surface area contributed by atoms with Crippen molar-refractivity contribution in [1.82, 2.24) is 14.9 Å². The molecule has 1 aromatic carbocycles. The molecule has 2 rings (SSSR count). The van der Waals surface area contributed by atoms with E-state index in [4.69, 9.17) is 11.6 Å². The number of aryl methyl sites for hydroxylation is 2. The number of amides is 1. The number of aromatic nitrogens is 2. The first kappa shape index (κ1) is 17.4. The van der Waals surface area contributed by atoms with E-state index in [1.807, 2.05) is 38.1 Å². The highest BCUT2D eigenvalue weighted by Gasteiger charge is 2.22. The van der Waals surface area contributed by atoms with E-state index in [0.29, 0.717) is 12.4 Å². The Kier molecular flexibility index (Phi) is 5.69. The van der Waals surface area contributed by atoms with Gasteiger partial charge in [-0.1, -0.05) is 41.4 Å². The van der Waals surface area contributed by atoms with E-state index in [2.05, 4.69) is 9.97 Å². The minimum absolute atomic E-state index is 0.164. The fourth-order valence-corrected chi connectivity index (χ4v) is 2.39. The van der Waals surface area contributed by atoms with E-state index in [-0.39, 0.29) is 23.2 Å². The van der Waals surface area contributed by atoms with Gasteiger partial charge in [-0.2, -0.15) is 0 Å². The molecule has 0 aliphatic carbocycles. The molecule has 5 nitrogen and oxygen atoms in total. The number of carbonyl (C=O) groups is 1. The van der Waals surface area contributed by atoms with Crippen LogP contribution in [0.2, 0.25) is 5.02 Å². The van der Waals surface area contributed by atoms with E-state index < -0.39 is 6.10 Å². The lowest BCUT2D eigenvalue weighted by molar-refractivity contribution is 0.0629. The first-order chi connectivity index (χ1) is 10.9. The lowest BCUT2D eigenvalue weighted by Gasteiger charge is -2.24. The van der Waals surface area contributed by atoms with Crippen LogP contribution in [-0.4, -0.2) is 39.0 Å². The maximum absolute atomic E-state index is 12.6. The molecule has 1 unspecified atom stereocenters. The van der Waals surface area contributed by atoms with Crippen molar-refractivity contribution < 1.29 is 9.90 Å². The molecule has 23 heavy (non-hydrogen) atoms. The summed E-state index contributed by atoms with van der Waals surface area (Å²) in [5.74, 6) is 0.169. The summed E-state index contributed by atoms with van der Waals surface area (Å²) in [4.78, 5) is 22.2. The van der Waals surface area contributed by atoms with Gasteiger partial charge in [-0.15, -0.1) is 0 Å². The summed E-state index contributed by atoms with van der Waals surface area (Å²) in [6.45, 7) is 6.16. The van der Waals surface area contributed by atoms with Crippen LogP contribution < -0.4 is 0 Å². The number of aliphatic hydroxyl groups excluding tert-OH is 1. The van der Waals surface area contributed by atoms with Gasteiger partial charge in [-0.05, 0) is 26.3 Å². The van der Waals surface area contributed by atoms with Crippen LogP contribution in [0.1, 0.15) is 40.5 Å². The number of benzene rings is 1. The molecule has 0 aliphatic heterocycles. The Morgan fingerprint density at radius 3 is 2.57 bits per heavy atom. The molecule has 0 spiro atoms. The fourth-order valence-electron chi connectivity index (χ4n) is 2.21. The van der Waals surface area contributed by atoms with Gasteiger partial charge in [0.05, 0.1) is 23.9 Å². The van der Waals surface area contributed by atoms with Crippen molar-refractivity contribution in [2.24, 2.45) is 0 Å². The van der Waals surface area contributed by atoms with Gasteiger partial charge in [-0.3, -0.25) is 4.79 Å². The number of hydrogen-bond acceptors (Lipinski definition) is 4. The molecule has 1 N–H and O–H groups in total. The van der Waals surface area contributed by atoms with E-state index >= 15 is 0 Å². The van der Waals surface area contributed by atoms with Crippen LogP contribution >= 0.6 is 11.6 Å². The molecule has 1 heterocycles. The average Bonchev–Trinajstić information content (AvgIpc) is 2.54. The van der Waals surface area contributed by atoms with Gasteiger partial charge in [0.25, 0.3) is 5.91 Å². The molecular formula is C17H20ClN3O2. The Morgan fingerprint density at radius 1 is 1.30 bits per heavy atom. The molecule has 0 fully saturated rings. The molecule has 0 bridgehead atoms. The molecule has 1 atom stereocenters. The third kappa shape index (κ3) is 4.27. The van der Waals surface area contributed by atoms with Crippen molar-refractivity contribution in [2.45, 2.75) is 26.9 Å². The Morgan fingerprint density at radius 2 is 1.96 bits per heavy atom. The largest absolute Gasteiger partial charge is 0.387 e. The smallest absolute Gasteiger partial charge is 0.274 e. The Bertz CT molecular complexity index is 689. The second-order valence-corrected chi connectivity index (χ2v) is 5.79. The quantitative estimate of drug-likeness (QED) is 0.913. The number of nitrogens with zero attached hydrogens (tertiary/aromatic N) is 3. The normalized spacial score (nSPS) is 12.0. The molecule has 6 heteroatoms. The summed E-state index contributed by atoms with van der Waals surface area (Å²) in [5, 5.41) is 10.6. The van der Waals surface area contributed by atoms with Crippen molar-refractivity contribution in [1.29, 1.82) is 0 Å². The van der Waals surface area contributed by atoms with Gasteiger partial charge in [0.2, 0.25) is 0 Å². The van der Waals surface area contributed by atoms with E-state index in [1.54, 1.807) is 6.92 Å². The highest BCUT2D eigenvalue weighted by molar-refractivity contribution is 6.33. The number of rotatable bonds is 5. The molecule has 0 aliphatic rings. The fraction of sp³-hybridized carbons (Fsp3) is 0.353. The highest BCUT2D eigenvalue weighted by Crippen LogP contribution is 2.19. The number of carbonyl (C=O) groups excluding carboxylic acids is 1. The van der Waals surface area contributed by atoms with Gasteiger partial charge >= 0.3 is 0 Å². The first-order valence-corrected chi connectivity index (χ1v) is 7.83. The second-order valence-electron chi connectivity index (χ2n) is 5.38. The molecule has 0 saturated heterocycles. The molecule has 1 aromatic heterocycles. The summed E-state index contributed by atoms with van der Waals surface area (Å²) < 4.78 is 0.